The van der Waals surface area contributed by atoms with Crippen LogP contribution in [0.1, 0.15) is 29.3 Å². The Morgan fingerprint density at radius 1 is 1.00 bits per heavy atom. The molecule has 0 aliphatic rings. The number of benzene rings is 2. The highest BCUT2D eigenvalue weighted by Gasteiger charge is 2.11. The number of thiazole rings is 1. The lowest BCUT2D eigenvalue weighted by Crippen LogP contribution is -2.28. The molecule has 0 atom stereocenters. The van der Waals surface area contributed by atoms with Crippen molar-refractivity contribution in [1.82, 2.24) is 14.6 Å². The third kappa shape index (κ3) is 3.57. The van der Waals surface area contributed by atoms with Crippen LogP contribution in [0.3, 0.4) is 0 Å². The van der Waals surface area contributed by atoms with E-state index in [1.54, 1.807) is 0 Å². The maximum absolute atomic E-state index is 12.7. The molecule has 27 heavy (non-hydrogen) atoms. The van der Waals surface area contributed by atoms with Gasteiger partial charge in [0, 0.05) is 6.42 Å². The van der Waals surface area contributed by atoms with Crippen LogP contribution in [0, 0.1) is 0 Å². The second-order valence-electron chi connectivity index (χ2n) is 6.23. The molecule has 2 heterocycles. The van der Waals surface area contributed by atoms with Gasteiger partial charge in [0.05, 0.1) is 4.53 Å². The summed E-state index contributed by atoms with van der Waals surface area (Å²) in [5.41, 5.74) is 2.76. The van der Waals surface area contributed by atoms with Crippen molar-refractivity contribution in [3.8, 4) is 0 Å². The zero-order valence-electron chi connectivity index (χ0n) is 14.8. The van der Waals surface area contributed by atoms with E-state index >= 15 is 0 Å². The molecule has 0 bridgehead atoms. The Morgan fingerprint density at radius 3 is 2.44 bits per heavy atom. The molecule has 0 aliphatic heterocycles. The predicted octanol–water partition coefficient (Wildman–Crippen LogP) is 2.21. The summed E-state index contributed by atoms with van der Waals surface area (Å²) in [7, 11) is 0. The van der Waals surface area contributed by atoms with Gasteiger partial charge in [-0.3, -0.25) is 9.59 Å². The minimum Gasteiger partial charge on any atom is -0.266 e. The molecular formula is C21H17N3O2S. The van der Waals surface area contributed by atoms with Crippen LogP contribution in [0.15, 0.2) is 64.2 Å². The van der Waals surface area contributed by atoms with Gasteiger partial charge in [-0.25, -0.2) is 0 Å². The summed E-state index contributed by atoms with van der Waals surface area (Å²) in [6.45, 7) is 2.10. The highest BCUT2D eigenvalue weighted by atomic mass is 32.1. The second-order valence-corrected chi connectivity index (χ2v) is 7.24. The van der Waals surface area contributed by atoms with E-state index in [2.05, 4.69) is 17.0 Å². The van der Waals surface area contributed by atoms with E-state index in [0.29, 0.717) is 15.9 Å². The Balaban J connectivity index is 1.78. The fraction of sp³-hybridized carbons (Fsp3) is 0.143. The number of aryl methyl sites for hydroxylation is 1. The van der Waals surface area contributed by atoms with Crippen LogP contribution >= 0.6 is 11.3 Å². The number of fused-ring (bicyclic) bond motifs is 1. The summed E-state index contributed by atoms with van der Waals surface area (Å²) in [6.07, 6.45) is 3.13. The summed E-state index contributed by atoms with van der Waals surface area (Å²) >= 11 is 1.18. The average molecular weight is 375 g/mol. The normalized spacial score (nSPS) is 12.0. The monoisotopic (exact) mass is 375 g/mol. The third-order valence-corrected chi connectivity index (χ3v) is 5.31. The fourth-order valence-electron chi connectivity index (χ4n) is 2.84. The molecule has 2 aromatic carbocycles. The molecule has 0 radical (unpaired) electrons. The van der Waals surface area contributed by atoms with Crippen molar-refractivity contribution in [2.45, 2.75) is 19.8 Å². The molecule has 0 amide bonds. The molecule has 5 nitrogen and oxygen atoms in total. The molecule has 0 spiro atoms. The molecule has 0 unspecified atom stereocenters. The van der Waals surface area contributed by atoms with Crippen molar-refractivity contribution >= 4 is 22.4 Å². The van der Waals surface area contributed by atoms with Gasteiger partial charge in [-0.15, -0.1) is 0 Å². The topological polar surface area (TPSA) is 64.3 Å². The van der Waals surface area contributed by atoms with Crippen LogP contribution in [-0.2, 0) is 12.8 Å². The number of rotatable bonds is 4. The van der Waals surface area contributed by atoms with Gasteiger partial charge >= 0.3 is 0 Å². The van der Waals surface area contributed by atoms with Crippen molar-refractivity contribution in [2.24, 2.45) is 0 Å². The molecule has 0 N–H and O–H groups in total. The van der Waals surface area contributed by atoms with E-state index in [-0.39, 0.29) is 16.8 Å². The summed E-state index contributed by atoms with van der Waals surface area (Å²) in [5.74, 6) is 0. The van der Waals surface area contributed by atoms with Crippen molar-refractivity contribution in [2.75, 3.05) is 0 Å². The van der Waals surface area contributed by atoms with E-state index < -0.39 is 0 Å². The number of aromatic nitrogens is 3. The van der Waals surface area contributed by atoms with E-state index in [9.17, 15) is 9.59 Å². The minimum absolute atomic E-state index is 0.253. The minimum atomic E-state index is -0.390. The van der Waals surface area contributed by atoms with Crippen LogP contribution in [0.5, 0.6) is 0 Å². The Morgan fingerprint density at radius 2 is 1.74 bits per heavy atom. The van der Waals surface area contributed by atoms with Gasteiger partial charge in [0.2, 0.25) is 4.96 Å². The van der Waals surface area contributed by atoms with Gasteiger partial charge in [-0.2, -0.15) is 14.6 Å². The standard InChI is InChI=1S/C21H17N3O2S/c1-2-14-8-10-16(11-9-14)13-18-20(26)24-21(27-18)22-19(25)17(23-24)12-15-6-4-3-5-7-15/h3-11,13H,2,12H2,1H3/b18-13-. The van der Waals surface area contributed by atoms with Gasteiger partial charge < -0.3 is 0 Å². The van der Waals surface area contributed by atoms with Crippen LogP contribution in [0.2, 0.25) is 0 Å². The highest BCUT2D eigenvalue weighted by Crippen LogP contribution is 2.07. The molecule has 6 heteroatoms. The van der Waals surface area contributed by atoms with Gasteiger partial charge in [-0.05, 0) is 29.2 Å². The maximum Gasteiger partial charge on any atom is 0.296 e. The summed E-state index contributed by atoms with van der Waals surface area (Å²) < 4.78 is 1.74. The second kappa shape index (κ2) is 7.25. The quantitative estimate of drug-likeness (QED) is 0.549. The Kier molecular flexibility index (Phi) is 4.64. The van der Waals surface area contributed by atoms with Crippen molar-refractivity contribution in [3.63, 3.8) is 0 Å². The number of hydrogen-bond acceptors (Lipinski definition) is 5. The Hall–Kier alpha value is -3.12. The maximum atomic E-state index is 12.7. The van der Waals surface area contributed by atoms with Gasteiger partial charge in [0.15, 0.2) is 0 Å². The zero-order chi connectivity index (χ0) is 18.8. The van der Waals surface area contributed by atoms with E-state index in [0.717, 1.165) is 17.5 Å². The molecule has 134 valence electrons. The zero-order valence-corrected chi connectivity index (χ0v) is 15.6. The molecule has 0 aliphatic carbocycles. The first-order valence-electron chi connectivity index (χ1n) is 8.71. The Labute approximate surface area is 159 Å². The van der Waals surface area contributed by atoms with Gasteiger partial charge in [0.1, 0.15) is 5.69 Å². The lowest BCUT2D eigenvalue weighted by molar-refractivity contribution is 0.811. The Bertz CT molecular complexity index is 1260. The lowest BCUT2D eigenvalue weighted by Gasteiger charge is -1.99. The molecule has 0 fully saturated rings. The third-order valence-electron chi connectivity index (χ3n) is 4.35. The fourth-order valence-corrected chi connectivity index (χ4v) is 3.75. The molecule has 0 saturated heterocycles. The first-order chi connectivity index (χ1) is 13.1. The predicted molar refractivity (Wildman–Crippen MR) is 107 cm³/mol. The van der Waals surface area contributed by atoms with Crippen LogP contribution in [0.4, 0.5) is 0 Å². The van der Waals surface area contributed by atoms with Crippen LogP contribution in [-0.4, -0.2) is 14.6 Å². The summed E-state index contributed by atoms with van der Waals surface area (Å²) in [5, 5.41) is 4.28. The molecule has 4 rings (SSSR count). The van der Waals surface area contributed by atoms with Gasteiger partial charge in [-0.1, -0.05) is 72.9 Å². The van der Waals surface area contributed by atoms with Gasteiger partial charge in [0.25, 0.3) is 11.1 Å². The van der Waals surface area contributed by atoms with Crippen LogP contribution < -0.4 is 15.7 Å². The number of nitrogens with zero attached hydrogens (tertiary/aromatic N) is 3. The lowest BCUT2D eigenvalue weighted by atomic mass is 10.1. The van der Waals surface area contributed by atoms with E-state index in [4.69, 9.17) is 0 Å². The number of hydrogen-bond donors (Lipinski definition) is 0. The first-order valence-corrected chi connectivity index (χ1v) is 9.53. The highest BCUT2D eigenvalue weighted by molar-refractivity contribution is 7.15. The van der Waals surface area contributed by atoms with E-state index in [1.165, 1.54) is 21.4 Å². The summed E-state index contributed by atoms with van der Waals surface area (Å²) in [4.78, 5) is 29.4. The largest absolute Gasteiger partial charge is 0.296 e. The first kappa shape index (κ1) is 17.3. The molecule has 0 saturated carbocycles. The van der Waals surface area contributed by atoms with Crippen LogP contribution in [0.25, 0.3) is 11.0 Å². The molecule has 4 aromatic rings. The van der Waals surface area contributed by atoms with Crippen molar-refractivity contribution in [1.29, 1.82) is 0 Å². The molecule has 2 aromatic heterocycles. The average Bonchev–Trinajstić information content (AvgIpc) is 2.98. The SMILES string of the molecule is CCc1ccc(/C=c2\sc3nc(=O)c(Cc4ccccc4)nn3c2=O)cc1. The summed E-state index contributed by atoms with van der Waals surface area (Å²) in [6, 6.07) is 17.6. The van der Waals surface area contributed by atoms with Crippen molar-refractivity contribution in [3.05, 3.63) is 102 Å². The van der Waals surface area contributed by atoms with E-state index in [1.807, 2.05) is 60.7 Å². The molecular weight excluding hydrogens is 358 g/mol. The smallest absolute Gasteiger partial charge is 0.266 e. The van der Waals surface area contributed by atoms with Crippen molar-refractivity contribution < 1.29 is 0 Å².